The second kappa shape index (κ2) is 5.16. The highest BCUT2D eigenvalue weighted by Gasteiger charge is 2.38. The van der Waals surface area contributed by atoms with Gasteiger partial charge in [0.25, 0.3) is 5.69 Å². The molecule has 1 aliphatic rings. The molecule has 7 heteroatoms. The first kappa shape index (κ1) is 15.0. The van der Waals surface area contributed by atoms with Crippen molar-refractivity contribution >= 4 is 23.3 Å². The van der Waals surface area contributed by atoms with Crippen LogP contribution in [0.15, 0.2) is 24.3 Å². The molecule has 21 heavy (non-hydrogen) atoms. The average molecular weight is 291 g/mol. The zero-order valence-corrected chi connectivity index (χ0v) is 12.2. The summed E-state index contributed by atoms with van der Waals surface area (Å²) in [5.74, 6) is -0.346. The largest absolute Gasteiger partial charge is 0.331 e. The number of hydrogen-bond donors (Lipinski definition) is 0. The summed E-state index contributed by atoms with van der Waals surface area (Å²) >= 11 is 0. The van der Waals surface area contributed by atoms with Gasteiger partial charge in [-0.1, -0.05) is 6.07 Å². The lowest BCUT2D eigenvalue weighted by Crippen LogP contribution is -2.58. The van der Waals surface area contributed by atoms with Crippen molar-refractivity contribution in [2.75, 3.05) is 11.4 Å². The summed E-state index contributed by atoms with van der Waals surface area (Å²) in [5.41, 5.74) is -0.342. The number of nitro benzene ring substituents is 1. The van der Waals surface area contributed by atoms with Gasteiger partial charge in [0.15, 0.2) is 0 Å². The van der Waals surface area contributed by atoms with E-state index in [1.165, 1.54) is 24.3 Å². The van der Waals surface area contributed by atoms with E-state index in [2.05, 4.69) is 0 Å². The molecule has 1 aliphatic heterocycles. The molecule has 0 N–H and O–H groups in total. The van der Waals surface area contributed by atoms with Gasteiger partial charge >= 0.3 is 6.03 Å². The average Bonchev–Trinajstić information content (AvgIpc) is 2.37. The normalized spacial score (nSPS) is 16.3. The van der Waals surface area contributed by atoms with Gasteiger partial charge in [-0.15, -0.1) is 0 Å². The first-order valence-electron chi connectivity index (χ1n) is 6.61. The van der Waals surface area contributed by atoms with Gasteiger partial charge in [0.2, 0.25) is 5.91 Å². The fourth-order valence-corrected chi connectivity index (χ4v) is 2.26. The van der Waals surface area contributed by atoms with E-state index in [0.717, 1.165) is 4.90 Å². The van der Waals surface area contributed by atoms with Crippen LogP contribution < -0.4 is 4.90 Å². The molecule has 0 atom stereocenters. The van der Waals surface area contributed by atoms with E-state index in [-0.39, 0.29) is 23.7 Å². The number of nitrogens with zero attached hydrogens (tertiary/aromatic N) is 3. The van der Waals surface area contributed by atoms with Crippen molar-refractivity contribution in [1.29, 1.82) is 0 Å². The van der Waals surface area contributed by atoms with Gasteiger partial charge in [-0.2, -0.15) is 0 Å². The monoisotopic (exact) mass is 291 g/mol. The zero-order valence-electron chi connectivity index (χ0n) is 12.2. The number of non-ortho nitro benzene ring substituents is 1. The predicted octanol–water partition coefficient (Wildman–Crippen LogP) is 2.55. The Bertz CT molecular complexity index is 606. The molecule has 112 valence electrons. The predicted molar refractivity (Wildman–Crippen MR) is 77.1 cm³/mol. The smallest absolute Gasteiger partial charge is 0.319 e. The lowest BCUT2D eigenvalue weighted by atomic mass is 10.0. The van der Waals surface area contributed by atoms with E-state index < -0.39 is 16.5 Å². The molecular weight excluding hydrogens is 274 g/mol. The number of carbonyl (C=O) groups is 2. The van der Waals surface area contributed by atoms with Gasteiger partial charge in [-0.05, 0) is 26.8 Å². The van der Waals surface area contributed by atoms with Crippen LogP contribution in [0.25, 0.3) is 0 Å². The van der Waals surface area contributed by atoms with Crippen LogP contribution in [0.2, 0.25) is 0 Å². The van der Waals surface area contributed by atoms with Crippen molar-refractivity contribution in [2.45, 2.75) is 32.7 Å². The molecule has 0 radical (unpaired) electrons. The molecule has 1 fully saturated rings. The molecule has 7 nitrogen and oxygen atoms in total. The van der Waals surface area contributed by atoms with Gasteiger partial charge in [-0.25, -0.2) is 9.69 Å². The molecule has 1 aromatic rings. The summed E-state index contributed by atoms with van der Waals surface area (Å²) < 4.78 is 0. The number of urea groups is 1. The Kier molecular flexibility index (Phi) is 3.67. The van der Waals surface area contributed by atoms with E-state index in [4.69, 9.17) is 0 Å². The second-order valence-electron chi connectivity index (χ2n) is 5.86. The van der Waals surface area contributed by atoms with Gasteiger partial charge in [-0.3, -0.25) is 14.9 Å². The van der Waals surface area contributed by atoms with Crippen molar-refractivity contribution in [3.05, 3.63) is 34.4 Å². The van der Waals surface area contributed by atoms with Crippen LogP contribution in [-0.4, -0.2) is 33.8 Å². The number of nitro groups is 1. The Morgan fingerprint density at radius 1 is 1.24 bits per heavy atom. The maximum Gasteiger partial charge on any atom is 0.331 e. The van der Waals surface area contributed by atoms with Crippen LogP contribution in [0.1, 0.15) is 27.2 Å². The molecule has 2 rings (SSSR count). The topological polar surface area (TPSA) is 83.8 Å². The van der Waals surface area contributed by atoms with Crippen molar-refractivity contribution in [3.8, 4) is 0 Å². The number of rotatable bonds is 2. The molecule has 0 bridgehead atoms. The minimum Gasteiger partial charge on any atom is -0.319 e. The van der Waals surface area contributed by atoms with Crippen molar-refractivity contribution in [2.24, 2.45) is 0 Å². The Labute approximate surface area is 122 Å². The minimum atomic E-state index is -0.552. The van der Waals surface area contributed by atoms with Gasteiger partial charge in [0.1, 0.15) is 0 Å². The first-order chi connectivity index (χ1) is 9.71. The summed E-state index contributed by atoms with van der Waals surface area (Å²) in [7, 11) is 0. The number of amides is 3. The number of anilines is 1. The molecule has 0 saturated carbocycles. The Morgan fingerprint density at radius 3 is 2.48 bits per heavy atom. The van der Waals surface area contributed by atoms with Crippen LogP contribution >= 0.6 is 0 Å². The Hall–Kier alpha value is -2.44. The number of benzene rings is 1. The summed E-state index contributed by atoms with van der Waals surface area (Å²) in [4.78, 5) is 37.5. The standard InChI is InChI=1S/C14H17N3O4/c1-14(2,3)15-8-7-12(18)16(13(15)19)10-5-4-6-11(9-10)17(20)21/h4-6,9H,7-8H2,1-3H3. The Balaban J connectivity index is 2.41. The fourth-order valence-electron chi connectivity index (χ4n) is 2.26. The highest BCUT2D eigenvalue weighted by atomic mass is 16.6. The van der Waals surface area contributed by atoms with Crippen molar-refractivity contribution in [3.63, 3.8) is 0 Å². The zero-order chi connectivity index (χ0) is 15.8. The molecule has 0 unspecified atom stereocenters. The third-order valence-corrected chi connectivity index (χ3v) is 3.33. The number of carbonyl (C=O) groups excluding carboxylic acids is 2. The SMILES string of the molecule is CC(C)(C)N1CCC(=O)N(c2cccc([N+](=O)[O-])c2)C1=O. The van der Waals surface area contributed by atoms with Crippen molar-refractivity contribution in [1.82, 2.24) is 4.90 Å². The quantitative estimate of drug-likeness (QED) is 0.619. The van der Waals surface area contributed by atoms with E-state index in [1.54, 1.807) is 4.90 Å². The first-order valence-corrected chi connectivity index (χ1v) is 6.61. The number of imide groups is 1. The molecular formula is C14H17N3O4. The summed E-state index contributed by atoms with van der Waals surface area (Å²) in [5, 5.41) is 10.8. The summed E-state index contributed by atoms with van der Waals surface area (Å²) in [6.07, 6.45) is 0.200. The lowest BCUT2D eigenvalue weighted by molar-refractivity contribution is -0.384. The summed E-state index contributed by atoms with van der Waals surface area (Å²) in [6, 6.07) is 5.10. The molecule has 3 amide bonds. The van der Waals surface area contributed by atoms with E-state index >= 15 is 0 Å². The van der Waals surface area contributed by atoms with Crippen LogP contribution in [-0.2, 0) is 4.79 Å². The van der Waals surface area contributed by atoms with Gasteiger partial charge in [0, 0.05) is 30.6 Å². The van der Waals surface area contributed by atoms with Crippen LogP contribution in [0.4, 0.5) is 16.2 Å². The molecule has 1 saturated heterocycles. The van der Waals surface area contributed by atoms with Crippen LogP contribution in [0.5, 0.6) is 0 Å². The van der Waals surface area contributed by atoms with Gasteiger partial charge in [0.05, 0.1) is 10.6 Å². The third kappa shape index (κ3) is 2.86. The summed E-state index contributed by atoms with van der Waals surface area (Å²) in [6.45, 7) is 6.00. The Morgan fingerprint density at radius 2 is 1.90 bits per heavy atom. The van der Waals surface area contributed by atoms with E-state index in [1.807, 2.05) is 20.8 Å². The fraction of sp³-hybridized carbons (Fsp3) is 0.429. The number of hydrogen-bond acceptors (Lipinski definition) is 4. The van der Waals surface area contributed by atoms with Gasteiger partial charge < -0.3 is 4.90 Å². The highest BCUT2D eigenvalue weighted by Crippen LogP contribution is 2.28. The van der Waals surface area contributed by atoms with Crippen LogP contribution in [0, 0.1) is 10.1 Å². The lowest BCUT2D eigenvalue weighted by Gasteiger charge is -2.41. The van der Waals surface area contributed by atoms with Crippen molar-refractivity contribution < 1.29 is 14.5 Å². The maximum atomic E-state index is 12.5. The maximum absolute atomic E-state index is 12.5. The third-order valence-electron chi connectivity index (χ3n) is 3.33. The molecule has 0 aromatic heterocycles. The second-order valence-corrected chi connectivity index (χ2v) is 5.86. The van der Waals surface area contributed by atoms with Crippen LogP contribution in [0.3, 0.4) is 0 Å². The molecule has 1 heterocycles. The van der Waals surface area contributed by atoms with E-state index in [9.17, 15) is 19.7 Å². The highest BCUT2D eigenvalue weighted by molar-refractivity contribution is 6.16. The molecule has 1 aromatic carbocycles. The van der Waals surface area contributed by atoms with E-state index in [0.29, 0.717) is 6.54 Å². The molecule has 0 aliphatic carbocycles. The minimum absolute atomic E-state index is 0.152. The molecule has 0 spiro atoms.